The van der Waals surface area contributed by atoms with Crippen molar-refractivity contribution < 1.29 is 14.3 Å². The van der Waals surface area contributed by atoms with Crippen LogP contribution < -0.4 is 0 Å². The van der Waals surface area contributed by atoms with Gasteiger partial charge in [-0.3, -0.25) is 4.90 Å². The summed E-state index contributed by atoms with van der Waals surface area (Å²) in [6.07, 6.45) is 22.7. The molecule has 0 bridgehead atoms. The van der Waals surface area contributed by atoms with Crippen molar-refractivity contribution in [2.45, 2.75) is 200 Å². The molecule has 5 rings (SSSR count). The zero-order valence-corrected chi connectivity index (χ0v) is 37.8. The highest BCUT2D eigenvalue weighted by Gasteiger charge is 2.59. The van der Waals surface area contributed by atoms with E-state index in [9.17, 15) is 4.79 Å². The van der Waals surface area contributed by atoms with Crippen molar-refractivity contribution in [3.8, 4) is 0 Å². The van der Waals surface area contributed by atoms with E-state index in [2.05, 4.69) is 52.2 Å². The lowest BCUT2D eigenvalue weighted by molar-refractivity contribution is -0.107. The minimum atomic E-state index is 0.373. The van der Waals surface area contributed by atoms with Gasteiger partial charge in [0.25, 0.3) is 0 Å². The number of carbonyl (C=O) groups excluding carboxylic acids is 1. The zero-order chi connectivity index (χ0) is 39.9. The van der Waals surface area contributed by atoms with E-state index in [0.29, 0.717) is 23.4 Å². The van der Waals surface area contributed by atoms with Crippen LogP contribution in [0.3, 0.4) is 0 Å². The number of morpholine rings is 1. The third kappa shape index (κ3) is 16.8. The largest absolute Gasteiger partial charge is 0.498 e. The fourth-order valence-corrected chi connectivity index (χ4v) is 9.72. The average Bonchev–Trinajstić information content (AvgIpc) is 3.56. The van der Waals surface area contributed by atoms with E-state index in [1.165, 1.54) is 77.2 Å². The predicted octanol–water partition coefficient (Wildman–Crippen LogP) is 14.4. The average molecular weight is 722 g/mol. The summed E-state index contributed by atoms with van der Waals surface area (Å²) in [7, 11) is 0. The van der Waals surface area contributed by atoms with Gasteiger partial charge < -0.3 is 14.3 Å². The van der Waals surface area contributed by atoms with Gasteiger partial charge in [-0.15, -0.1) is 0 Å². The molecular weight excluding hydrogens is 627 g/mol. The Labute approximate surface area is 322 Å². The molecule has 4 aliphatic carbocycles. The van der Waals surface area contributed by atoms with Gasteiger partial charge in [-0.25, -0.2) is 0 Å². The molecule has 4 heteroatoms. The molecule has 5 aliphatic rings. The van der Waals surface area contributed by atoms with Gasteiger partial charge in [-0.2, -0.15) is 0 Å². The molecule has 51 heavy (non-hydrogen) atoms. The van der Waals surface area contributed by atoms with Crippen LogP contribution in [0.15, 0.2) is 24.5 Å². The maximum Gasteiger partial charge on any atom is 0.119 e. The third-order valence-corrected chi connectivity index (χ3v) is 11.9. The third-order valence-electron chi connectivity index (χ3n) is 11.9. The minimum Gasteiger partial charge on any atom is -0.498 e. The number of fused-ring (bicyclic) bond motifs is 5. The van der Waals surface area contributed by atoms with Gasteiger partial charge in [0.1, 0.15) is 12.4 Å². The Kier molecular flexibility index (Phi) is 35.5. The number of aldehydes is 1. The molecule has 8 unspecified atom stereocenters. The van der Waals surface area contributed by atoms with Gasteiger partial charge >= 0.3 is 0 Å². The maximum atomic E-state index is 9.17. The van der Waals surface area contributed by atoms with E-state index in [0.717, 1.165) is 68.6 Å². The van der Waals surface area contributed by atoms with Gasteiger partial charge in [-0.05, 0) is 98.3 Å². The van der Waals surface area contributed by atoms with E-state index < -0.39 is 0 Å². The Morgan fingerprint density at radius 1 is 0.882 bits per heavy atom. The molecule has 0 aromatic heterocycles. The first-order valence-electron chi connectivity index (χ1n) is 22.5. The Hall–Kier alpha value is -1.13. The molecule has 1 heterocycles. The Balaban J connectivity index is -0.000000829. The molecule has 4 fully saturated rings. The molecule has 3 saturated carbocycles. The van der Waals surface area contributed by atoms with Gasteiger partial charge in [-0.1, -0.05) is 148 Å². The Morgan fingerprint density at radius 3 is 1.98 bits per heavy atom. The molecule has 8 atom stereocenters. The second kappa shape index (κ2) is 33.4. The molecule has 0 amide bonds. The summed E-state index contributed by atoms with van der Waals surface area (Å²) in [5.74, 6) is 4.72. The topological polar surface area (TPSA) is 38.8 Å². The van der Waals surface area contributed by atoms with E-state index in [1.807, 2.05) is 76.2 Å². The van der Waals surface area contributed by atoms with E-state index >= 15 is 0 Å². The number of nitrogens with zero attached hydrogens (tertiary/aromatic N) is 1. The van der Waals surface area contributed by atoms with Crippen LogP contribution in [0.1, 0.15) is 194 Å². The molecule has 0 aromatic carbocycles. The highest BCUT2D eigenvalue weighted by Crippen LogP contribution is 2.67. The second-order valence-corrected chi connectivity index (χ2v) is 14.3. The highest BCUT2D eigenvalue weighted by atomic mass is 16.5. The highest BCUT2D eigenvalue weighted by molar-refractivity contribution is 5.48. The Morgan fingerprint density at radius 2 is 1.47 bits per heavy atom. The van der Waals surface area contributed by atoms with Gasteiger partial charge in [0, 0.05) is 25.9 Å². The normalized spacial score (nSPS) is 30.3. The molecule has 1 aliphatic heterocycles. The number of unbranched alkanes of at least 4 members (excludes halogenated alkanes) is 1. The summed E-state index contributed by atoms with van der Waals surface area (Å²) in [5, 5.41) is 0. The zero-order valence-electron chi connectivity index (χ0n) is 37.8. The first kappa shape index (κ1) is 54.2. The van der Waals surface area contributed by atoms with E-state index in [-0.39, 0.29) is 0 Å². The van der Waals surface area contributed by atoms with Crippen LogP contribution in [0.4, 0.5) is 0 Å². The van der Waals surface area contributed by atoms with Crippen LogP contribution in [-0.2, 0) is 14.3 Å². The van der Waals surface area contributed by atoms with Crippen molar-refractivity contribution in [2.24, 2.45) is 40.4 Å². The summed E-state index contributed by atoms with van der Waals surface area (Å²) in [6, 6.07) is 0. The molecule has 0 N–H and O–H groups in total. The number of carbonyl (C=O) groups is 1. The van der Waals surface area contributed by atoms with Crippen molar-refractivity contribution in [3.05, 3.63) is 24.5 Å². The van der Waals surface area contributed by atoms with E-state index in [4.69, 9.17) is 9.47 Å². The van der Waals surface area contributed by atoms with Crippen molar-refractivity contribution in [1.29, 1.82) is 0 Å². The maximum absolute atomic E-state index is 9.17. The molecule has 4 nitrogen and oxygen atoms in total. The molecular formula is C47H95NO3. The molecule has 306 valence electrons. The number of allylic oxidation sites excluding steroid dienone is 1. The van der Waals surface area contributed by atoms with Gasteiger partial charge in [0.2, 0.25) is 0 Å². The van der Waals surface area contributed by atoms with Gasteiger partial charge in [0.15, 0.2) is 0 Å². The number of rotatable bonds is 9. The second-order valence-electron chi connectivity index (χ2n) is 14.3. The smallest absolute Gasteiger partial charge is 0.119 e. The van der Waals surface area contributed by atoms with Crippen molar-refractivity contribution in [2.75, 3.05) is 32.8 Å². The fourth-order valence-electron chi connectivity index (χ4n) is 9.72. The summed E-state index contributed by atoms with van der Waals surface area (Å²) in [5.41, 5.74) is 2.78. The van der Waals surface area contributed by atoms with Crippen LogP contribution in [0.2, 0.25) is 0 Å². The standard InChI is InChI=1S/C27H44O.C7H15NO.C3H6O.5C2H6/c1-6-8-9-19(3)23-12-13-24-22-11-10-20-18-21(28-7-2)14-16-26(20,4)25(22)15-17-27(23,24)5;1-2-3-8-4-6-9-7-5-8;1-2-3-4;5*1-2/h7,10,19,21-25H,2,6,8-9,11-18H2,1,3-5H3;2-7H2,1H3;3H,2H2,1H3;5*1-2H3. The first-order chi connectivity index (χ1) is 24.8. The predicted molar refractivity (Wildman–Crippen MR) is 230 cm³/mol. The SMILES string of the molecule is C=COC1CCC2(C)C(=CCC3C2CCC2(C)C(C(C)CCCC)CCC32)C1.CC.CC.CC.CC.CC.CCC=O.CCCN1CCOCC1. The lowest BCUT2D eigenvalue weighted by atomic mass is 9.47. The molecule has 0 radical (unpaired) electrons. The van der Waals surface area contributed by atoms with Crippen LogP contribution >= 0.6 is 0 Å². The molecule has 0 spiro atoms. The number of ether oxygens (including phenoxy) is 2. The summed E-state index contributed by atoms with van der Waals surface area (Å²) < 4.78 is 11.0. The van der Waals surface area contributed by atoms with Crippen molar-refractivity contribution >= 4 is 6.29 Å². The quantitative estimate of drug-likeness (QED) is 0.135. The van der Waals surface area contributed by atoms with Crippen LogP contribution in [0.5, 0.6) is 0 Å². The van der Waals surface area contributed by atoms with Crippen LogP contribution in [0, 0.1) is 40.4 Å². The molecule has 0 aromatic rings. The Bertz CT molecular complexity index is 818. The minimum absolute atomic E-state index is 0.373. The monoisotopic (exact) mass is 722 g/mol. The first-order valence-corrected chi connectivity index (χ1v) is 22.5. The number of hydrogen-bond donors (Lipinski definition) is 0. The molecule has 1 saturated heterocycles. The van der Waals surface area contributed by atoms with Gasteiger partial charge in [0.05, 0.1) is 19.5 Å². The van der Waals surface area contributed by atoms with E-state index in [1.54, 1.807) is 11.8 Å². The fraction of sp³-hybridized carbons (Fsp3) is 0.894. The number of hydrogen-bond acceptors (Lipinski definition) is 4. The van der Waals surface area contributed by atoms with Crippen molar-refractivity contribution in [3.63, 3.8) is 0 Å². The summed E-state index contributed by atoms with van der Waals surface area (Å²) in [6.45, 7) is 43.4. The lowest BCUT2D eigenvalue weighted by Crippen LogP contribution is -2.50. The van der Waals surface area contributed by atoms with Crippen LogP contribution in [0.25, 0.3) is 0 Å². The van der Waals surface area contributed by atoms with Crippen molar-refractivity contribution in [1.82, 2.24) is 4.90 Å². The summed E-state index contributed by atoms with van der Waals surface area (Å²) in [4.78, 5) is 11.6. The lowest BCUT2D eigenvalue weighted by Gasteiger charge is -2.58. The summed E-state index contributed by atoms with van der Waals surface area (Å²) >= 11 is 0. The van der Waals surface area contributed by atoms with Crippen LogP contribution in [-0.4, -0.2) is 50.1 Å².